The first-order valence-corrected chi connectivity index (χ1v) is 15.9. The van der Waals surface area contributed by atoms with Crippen LogP contribution in [-0.2, 0) is 9.53 Å². The van der Waals surface area contributed by atoms with Crippen LogP contribution >= 0.6 is 0 Å². The molecule has 3 aliphatic heterocycles. The number of rotatable bonds is 8. The summed E-state index contributed by atoms with van der Waals surface area (Å²) in [5.41, 5.74) is 5.46. The molecule has 0 saturated carbocycles. The van der Waals surface area contributed by atoms with Crippen molar-refractivity contribution in [3.05, 3.63) is 88.0 Å². The summed E-state index contributed by atoms with van der Waals surface area (Å²) >= 11 is 0. The van der Waals surface area contributed by atoms with E-state index in [-0.39, 0.29) is 23.5 Å². The molecule has 2 saturated heterocycles. The van der Waals surface area contributed by atoms with Crippen molar-refractivity contribution in [3.8, 4) is 0 Å². The van der Waals surface area contributed by atoms with E-state index in [4.69, 9.17) is 4.74 Å². The molecule has 1 spiro atoms. The minimum atomic E-state index is -0.430. The number of nitrogens with one attached hydrogen (secondary N) is 4. The number of aromatic amines is 1. The zero-order chi connectivity index (χ0) is 31.6. The Morgan fingerprint density at radius 3 is 2.47 bits per heavy atom. The lowest BCUT2D eigenvalue weighted by molar-refractivity contribution is -0.111. The van der Waals surface area contributed by atoms with Crippen molar-refractivity contribution in [2.45, 2.75) is 38.6 Å². The molecule has 45 heavy (non-hydrogen) atoms. The number of aromatic nitrogens is 1. The van der Waals surface area contributed by atoms with Crippen LogP contribution in [0.25, 0.3) is 11.6 Å². The van der Waals surface area contributed by atoms with E-state index in [2.05, 4.69) is 37.7 Å². The molecule has 1 atom stereocenters. The van der Waals surface area contributed by atoms with Crippen LogP contribution in [0.5, 0.6) is 0 Å². The predicted molar refractivity (Wildman–Crippen MR) is 175 cm³/mol. The minimum absolute atomic E-state index is 0.0232. The van der Waals surface area contributed by atoms with Gasteiger partial charge in [0.15, 0.2) is 0 Å². The number of amides is 2. The Balaban J connectivity index is 1.41. The molecule has 10 heteroatoms. The number of ether oxygens (including phenoxy) is 1. The maximum Gasteiger partial charge on any atom is 0.256 e. The van der Waals surface area contributed by atoms with Crippen molar-refractivity contribution in [1.29, 1.82) is 0 Å². The molecular weight excluding hydrogens is 571 g/mol. The van der Waals surface area contributed by atoms with E-state index in [9.17, 15) is 14.0 Å². The summed E-state index contributed by atoms with van der Waals surface area (Å²) in [7, 11) is 0. The molecule has 3 aliphatic rings. The molecule has 4 N–H and O–H groups in total. The molecule has 4 heterocycles. The van der Waals surface area contributed by atoms with E-state index in [0.717, 1.165) is 54.1 Å². The Morgan fingerprint density at radius 2 is 1.78 bits per heavy atom. The number of nitrogens with zero attached hydrogens (tertiary/aromatic N) is 2. The Kier molecular flexibility index (Phi) is 9.18. The number of carbonyl (C=O) groups is 2. The highest BCUT2D eigenvalue weighted by atomic mass is 19.1. The van der Waals surface area contributed by atoms with Gasteiger partial charge < -0.3 is 30.6 Å². The average molecular weight is 615 g/mol. The number of carbonyl (C=O) groups excluding carboxylic acids is 2. The first-order chi connectivity index (χ1) is 21.8. The van der Waals surface area contributed by atoms with E-state index in [1.54, 1.807) is 12.1 Å². The summed E-state index contributed by atoms with van der Waals surface area (Å²) in [4.78, 5) is 36.5. The molecule has 1 aromatic heterocycles. The third-order valence-corrected chi connectivity index (χ3v) is 9.65. The molecule has 3 aromatic rings. The normalized spacial score (nSPS) is 20.4. The van der Waals surface area contributed by atoms with E-state index in [1.807, 2.05) is 44.2 Å². The smallest absolute Gasteiger partial charge is 0.256 e. The number of aryl methyl sites for hydroxylation is 1. The van der Waals surface area contributed by atoms with Gasteiger partial charge in [0.05, 0.1) is 24.3 Å². The van der Waals surface area contributed by atoms with Crippen molar-refractivity contribution in [2.24, 2.45) is 0 Å². The van der Waals surface area contributed by atoms with Gasteiger partial charge >= 0.3 is 0 Å². The van der Waals surface area contributed by atoms with Crippen molar-refractivity contribution < 1.29 is 18.7 Å². The topological polar surface area (TPSA) is 102 Å². The lowest BCUT2D eigenvalue weighted by Crippen LogP contribution is -2.71. The number of fused-ring (bicyclic) bond motifs is 1. The van der Waals surface area contributed by atoms with Crippen molar-refractivity contribution in [3.63, 3.8) is 0 Å². The highest BCUT2D eigenvalue weighted by Gasteiger charge is 2.53. The van der Waals surface area contributed by atoms with E-state index in [1.165, 1.54) is 12.1 Å². The van der Waals surface area contributed by atoms with Crippen LogP contribution in [0.3, 0.4) is 0 Å². The largest absolute Gasteiger partial charge is 0.379 e. The summed E-state index contributed by atoms with van der Waals surface area (Å²) in [6, 6.07) is 13.5. The van der Waals surface area contributed by atoms with Crippen LogP contribution in [0.15, 0.2) is 48.5 Å². The van der Waals surface area contributed by atoms with Gasteiger partial charge in [0.1, 0.15) is 5.82 Å². The van der Waals surface area contributed by atoms with Crippen molar-refractivity contribution in [1.82, 2.24) is 25.4 Å². The monoisotopic (exact) mass is 614 g/mol. The van der Waals surface area contributed by atoms with Crippen LogP contribution in [-0.4, -0.2) is 91.3 Å². The molecule has 238 valence electrons. The lowest BCUT2D eigenvalue weighted by Gasteiger charge is -2.54. The molecule has 1 unspecified atom stereocenters. The van der Waals surface area contributed by atoms with Gasteiger partial charge in [-0.15, -0.1) is 0 Å². The van der Waals surface area contributed by atoms with Gasteiger partial charge in [0.25, 0.3) is 11.8 Å². The maximum absolute atomic E-state index is 14.5. The molecular formula is C35H43FN6O3. The third-order valence-electron chi connectivity index (χ3n) is 9.65. The second-order valence-corrected chi connectivity index (χ2v) is 12.3. The number of H-pyrrole nitrogens is 1. The number of benzene rings is 2. The molecule has 6 rings (SSSR count). The Bertz CT molecular complexity index is 1570. The Labute approximate surface area is 264 Å². The van der Waals surface area contributed by atoms with Crippen molar-refractivity contribution in [2.75, 3.05) is 64.5 Å². The average Bonchev–Trinajstić information content (AvgIpc) is 3.37. The Hall–Kier alpha value is -3.83. The van der Waals surface area contributed by atoms with Crippen LogP contribution in [0, 0.1) is 19.7 Å². The van der Waals surface area contributed by atoms with Crippen LogP contribution in [0.4, 0.5) is 10.1 Å². The predicted octanol–water partition coefficient (Wildman–Crippen LogP) is 4.12. The summed E-state index contributed by atoms with van der Waals surface area (Å²) in [5.74, 6) is -0.600. The third kappa shape index (κ3) is 6.07. The minimum Gasteiger partial charge on any atom is -0.379 e. The van der Waals surface area contributed by atoms with Gasteiger partial charge in [0, 0.05) is 74.5 Å². The second kappa shape index (κ2) is 13.3. The van der Waals surface area contributed by atoms with Crippen LogP contribution in [0.2, 0.25) is 0 Å². The first-order valence-electron chi connectivity index (χ1n) is 15.9. The fourth-order valence-electron chi connectivity index (χ4n) is 7.25. The summed E-state index contributed by atoms with van der Waals surface area (Å²) in [6.07, 6.45) is 2.70. The van der Waals surface area contributed by atoms with E-state index in [0.29, 0.717) is 56.3 Å². The zero-order valence-electron chi connectivity index (χ0n) is 26.3. The number of hydrogen-bond acceptors (Lipinski definition) is 6. The fraction of sp³-hybridized carbons (Fsp3) is 0.429. The summed E-state index contributed by atoms with van der Waals surface area (Å²) < 4.78 is 19.1. The van der Waals surface area contributed by atoms with Crippen molar-refractivity contribution >= 4 is 29.2 Å². The molecule has 2 fully saturated rings. The zero-order valence-corrected chi connectivity index (χ0v) is 26.3. The van der Waals surface area contributed by atoms with Crippen LogP contribution in [0.1, 0.15) is 57.7 Å². The van der Waals surface area contributed by atoms with Gasteiger partial charge in [0.2, 0.25) is 0 Å². The molecule has 9 nitrogen and oxygen atoms in total. The quantitative estimate of drug-likeness (QED) is 0.285. The summed E-state index contributed by atoms with van der Waals surface area (Å²) in [5, 5.41) is 9.96. The Morgan fingerprint density at radius 1 is 1.07 bits per heavy atom. The molecule has 0 aliphatic carbocycles. The lowest BCUT2D eigenvalue weighted by atomic mass is 9.72. The molecule has 2 amide bonds. The SMILES string of the molecule is CCC1c2[nH]c(/C=C(\C(=O)Nc3ccc(F)cc3)c3ccccc3C)c(C)c2C(=O)N(CCN2CCOCC2)C12CNCNC2. The number of halogens is 1. The highest BCUT2D eigenvalue weighted by Crippen LogP contribution is 2.45. The van der Waals surface area contributed by atoms with Gasteiger partial charge in [-0.05, 0) is 67.3 Å². The molecule has 0 bridgehead atoms. The van der Waals surface area contributed by atoms with Gasteiger partial charge in [-0.2, -0.15) is 0 Å². The van der Waals surface area contributed by atoms with Gasteiger partial charge in [-0.25, -0.2) is 4.39 Å². The van der Waals surface area contributed by atoms with Gasteiger partial charge in [-0.1, -0.05) is 31.2 Å². The number of morpholine rings is 1. The fourth-order valence-corrected chi connectivity index (χ4v) is 7.25. The first kappa shape index (κ1) is 31.2. The van der Waals surface area contributed by atoms with E-state index >= 15 is 0 Å². The number of hydrogen-bond donors (Lipinski definition) is 4. The number of anilines is 1. The summed E-state index contributed by atoms with van der Waals surface area (Å²) in [6.45, 7) is 12.8. The molecule has 0 radical (unpaired) electrons. The standard InChI is InChI=1S/C35H43FN6O3/c1-4-29-32-31(34(44)42(35(29)20-37-22-38-21-35)14-13-41-15-17-45-18-16-41)24(3)30(40-32)19-28(27-8-6-5-7-23(27)2)33(43)39-26-11-9-25(36)10-12-26/h5-12,19,29,37-38,40H,4,13-18,20-22H2,1-3H3,(H,39,43)/b28-19-. The second-order valence-electron chi connectivity index (χ2n) is 12.3. The van der Waals surface area contributed by atoms with Crippen LogP contribution < -0.4 is 16.0 Å². The highest BCUT2D eigenvalue weighted by molar-refractivity contribution is 6.29. The van der Waals surface area contributed by atoms with Gasteiger partial charge in [-0.3, -0.25) is 14.5 Å². The maximum atomic E-state index is 14.5. The van der Waals surface area contributed by atoms with E-state index < -0.39 is 5.54 Å². The molecule has 2 aromatic carbocycles.